The Hall–Kier alpha value is -2.93. The summed E-state index contributed by atoms with van der Waals surface area (Å²) < 4.78 is 12.2. The van der Waals surface area contributed by atoms with E-state index in [1.165, 1.54) is 35.2 Å². The second-order valence-electron chi connectivity index (χ2n) is 11.9. The van der Waals surface area contributed by atoms with Crippen LogP contribution in [0.3, 0.4) is 0 Å². The van der Waals surface area contributed by atoms with Crippen molar-refractivity contribution in [2.45, 2.75) is 70.8 Å². The van der Waals surface area contributed by atoms with Crippen molar-refractivity contribution in [1.82, 2.24) is 15.2 Å². The van der Waals surface area contributed by atoms with Crippen LogP contribution in [0.1, 0.15) is 47.1 Å². The molecule has 0 spiro atoms. The molecule has 0 amide bonds. The monoisotopic (exact) mass is 524 g/mol. The number of hydrogen-bond acceptors (Lipinski definition) is 6. The van der Waals surface area contributed by atoms with Crippen molar-refractivity contribution in [3.8, 4) is 17.0 Å². The summed E-state index contributed by atoms with van der Waals surface area (Å²) in [4.78, 5) is 10.2. The molecule has 6 heteroatoms. The van der Waals surface area contributed by atoms with Crippen molar-refractivity contribution in [3.05, 3.63) is 76.3 Å². The van der Waals surface area contributed by atoms with Crippen molar-refractivity contribution in [2.24, 2.45) is 0 Å². The third kappa shape index (κ3) is 5.18. The SMILES string of the molecule is Cc1cc(COc2c(C)cccc2-c2cccc(N3C[C@@H]4N[C@@H]4C3)n2)cc2c1CN(C1CCOCC1)CCC2. The Morgan fingerprint density at radius 3 is 2.67 bits per heavy atom. The maximum absolute atomic E-state index is 6.60. The summed E-state index contributed by atoms with van der Waals surface area (Å²) in [5, 5.41) is 3.51. The van der Waals surface area contributed by atoms with Gasteiger partial charge in [-0.1, -0.05) is 30.3 Å². The zero-order valence-corrected chi connectivity index (χ0v) is 23.3. The predicted molar refractivity (Wildman–Crippen MR) is 155 cm³/mol. The molecule has 1 N–H and O–H groups in total. The number of para-hydroxylation sites is 1. The molecule has 3 fully saturated rings. The van der Waals surface area contributed by atoms with Gasteiger partial charge in [0.1, 0.15) is 18.2 Å². The van der Waals surface area contributed by atoms with Gasteiger partial charge in [0.2, 0.25) is 0 Å². The van der Waals surface area contributed by atoms with E-state index in [1.54, 1.807) is 0 Å². The average molecular weight is 525 g/mol. The van der Waals surface area contributed by atoms with Crippen molar-refractivity contribution in [1.29, 1.82) is 0 Å². The lowest BCUT2D eigenvalue weighted by molar-refractivity contribution is 0.0315. The Kier molecular flexibility index (Phi) is 6.79. The van der Waals surface area contributed by atoms with Gasteiger partial charge in [-0.15, -0.1) is 0 Å². The van der Waals surface area contributed by atoms with Gasteiger partial charge in [-0.05, 0) is 92.1 Å². The Balaban J connectivity index is 1.10. The second-order valence-corrected chi connectivity index (χ2v) is 11.9. The number of hydrogen-bond donors (Lipinski definition) is 1. The minimum absolute atomic E-state index is 0.566. The first-order valence-corrected chi connectivity index (χ1v) is 14.8. The number of anilines is 1. The molecule has 0 radical (unpaired) electrons. The van der Waals surface area contributed by atoms with Gasteiger partial charge in [-0.3, -0.25) is 4.90 Å². The fourth-order valence-corrected chi connectivity index (χ4v) is 6.89. The number of nitrogens with zero attached hydrogens (tertiary/aromatic N) is 3. The summed E-state index contributed by atoms with van der Waals surface area (Å²) in [5.41, 5.74) is 8.86. The first-order valence-electron chi connectivity index (χ1n) is 14.8. The molecule has 0 unspecified atom stereocenters. The van der Waals surface area contributed by atoms with Crippen LogP contribution in [-0.2, 0) is 24.3 Å². The lowest BCUT2D eigenvalue weighted by atomic mass is 9.96. The Bertz CT molecular complexity index is 1340. The highest BCUT2D eigenvalue weighted by Crippen LogP contribution is 2.35. The van der Waals surface area contributed by atoms with Gasteiger partial charge in [0.15, 0.2) is 0 Å². The number of ether oxygens (including phenoxy) is 2. The Morgan fingerprint density at radius 2 is 1.82 bits per heavy atom. The molecule has 6 nitrogen and oxygen atoms in total. The minimum Gasteiger partial charge on any atom is -0.488 e. The van der Waals surface area contributed by atoms with Crippen LogP contribution in [0.4, 0.5) is 5.82 Å². The first-order chi connectivity index (χ1) is 19.1. The van der Waals surface area contributed by atoms with E-state index >= 15 is 0 Å². The fourth-order valence-electron chi connectivity index (χ4n) is 6.89. The largest absolute Gasteiger partial charge is 0.488 e. The zero-order valence-electron chi connectivity index (χ0n) is 23.3. The molecular weight excluding hydrogens is 484 g/mol. The lowest BCUT2D eigenvalue weighted by Gasteiger charge is -2.33. The van der Waals surface area contributed by atoms with Gasteiger partial charge in [-0.25, -0.2) is 4.98 Å². The van der Waals surface area contributed by atoms with E-state index in [0.29, 0.717) is 24.7 Å². The van der Waals surface area contributed by atoms with E-state index in [2.05, 4.69) is 77.5 Å². The molecule has 4 aliphatic heterocycles. The fraction of sp³-hybridized carbons (Fsp3) is 0.485. The molecule has 1 aromatic heterocycles. The van der Waals surface area contributed by atoms with Crippen molar-refractivity contribution in [3.63, 3.8) is 0 Å². The molecule has 0 aliphatic carbocycles. The van der Waals surface area contributed by atoms with Gasteiger partial charge < -0.3 is 19.7 Å². The second kappa shape index (κ2) is 10.6. The average Bonchev–Trinajstić information content (AvgIpc) is 3.64. The number of nitrogens with one attached hydrogen (secondary N) is 1. The Morgan fingerprint density at radius 1 is 1.00 bits per heavy atom. The first kappa shape index (κ1) is 25.1. The number of pyridine rings is 1. The molecule has 0 bridgehead atoms. The quantitative estimate of drug-likeness (QED) is 0.457. The van der Waals surface area contributed by atoms with Crippen LogP contribution >= 0.6 is 0 Å². The van der Waals surface area contributed by atoms with Gasteiger partial charge in [0.25, 0.3) is 0 Å². The summed E-state index contributed by atoms with van der Waals surface area (Å²) in [7, 11) is 0. The van der Waals surface area contributed by atoms with Crippen molar-refractivity contribution in [2.75, 3.05) is 37.7 Å². The molecule has 2 atom stereocenters. The number of rotatable bonds is 6. The normalized spacial score (nSPS) is 23.3. The van der Waals surface area contributed by atoms with Crippen LogP contribution < -0.4 is 15.0 Å². The van der Waals surface area contributed by atoms with Crippen LogP contribution in [0, 0.1) is 13.8 Å². The predicted octanol–water partition coefficient (Wildman–Crippen LogP) is 5.03. The highest BCUT2D eigenvalue weighted by molar-refractivity contribution is 5.70. The molecule has 3 aromatic rings. The molecule has 0 saturated carbocycles. The third-order valence-electron chi connectivity index (χ3n) is 9.15. The lowest BCUT2D eigenvalue weighted by Crippen LogP contribution is -2.39. The number of piperazine rings is 1. The highest BCUT2D eigenvalue weighted by Gasteiger charge is 2.45. The summed E-state index contributed by atoms with van der Waals surface area (Å²) in [6.07, 6.45) is 4.68. The standard InChI is InChI=1S/C33H40N4O2/c1-22-6-3-8-27(29-9-4-10-32(35-29)37-19-30-31(20-37)34-30)33(22)39-21-24-16-23(2)28-18-36(13-5-7-25(28)17-24)26-11-14-38-15-12-26/h3-4,6,8-10,16-17,26,30-31,34H,5,7,11-15,18-21H2,1-2H3/t30-,31+. The molecular formula is C33H40N4O2. The molecule has 39 heavy (non-hydrogen) atoms. The molecule has 3 saturated heterocycles. The van der Waals surface area contributed by atoms with Crippen LogP contribution in [0.5, 0.6) is 5.75 Å². The summed E-state index contributed by atoms with van der Waals surface area (Å²) >= 11 is 0. The van der Waals surface area contributed by atoms with E-state index in [-0.39, 0.29) is 0 Å². The number of aryl methyl sites for hydroxylation is 3. The summed E-state index contributed by atoms with van der Waals surface area (Å²) in [6.45, 7) is 11.1. The van der Waals surface area contributed by atoms with Gasteiger partial charge in [0.05, 0.1) is 5.69 Å². The number of aromatic nitrogens is 1. The molecule has 2 aromatic carbocycles. The molecule has 4 aliphatic rings. The van der Waals surface area contributed by atoms with Crippen LogP contribution in [0.2, 0.25) is 0 Å². The molecule has 5 heterocycles. The third-order valence-corrected chi connectivity index (χ3v) is 9.15. The maximum Gasteiger partial charge on any atom is 0.132 e. The van der Waals surface area contributed by atoms with Crippen LogP contribution in [0.15, 0.2) is 48.5 Å². The van der Waals surface area contributed by atoms with Crippen molar-refractivity contribution < 1.29 is 9.47 Å². The maximum atomic E-state index is 6.60. The van der Waals surface area contributed by atoms with E-state index in [4.69, 9.17) is 14.5 Å². The van der Waals surface area contributed by atoms with E-state index < -0.39 is 0 Å². The summed E-state index contributed by atoms with van der Waals surface area (Å²) in [6, 6.07) is 19.4. The van der Waals surface area contributed by atoms with Gasteiger partial charge in [0, 0.05) is 56.5 Å². The van der Waals surface area contributed by atoms with E-state index in [9.17, 15) is 0 Å². The molecule has 204 valence electrons. The highest BCUT2D eigenvalue weighted by atomic mass is 16.5. The van der Waals surface area contributed by atoms with Gasteiger partial charge in [-0.2, -0.15) is 0 Å². The minimum atomic E-state index is 0.566. The molecule has 7 rings (SSSR count). The number of benzene rings is 2. The summed E-state index contributed by atoms with van der Waals surface area (Å²) in [5.74, 6) is 2.00. The van der Waals surface area contributed by atoms with Crippen LogP contribution in [0.25, 0.3) is 11.3 Å². The Labute approximate surface area is 232 Å². The van der Waals surface area contributed by atoms with Crippen molar-refractivity contribution >= 4 is 5.82 Å². The smallest absolute Gasteiger partial charge is 0.132 e. The van der Waals surface area contributed by atoms with E-state index in [0.717, 1.165) is 80.5 Å². The number of fused-ring (bicyclic) bond motifs is 2. The topological polar surface area (TPSA) is 59.8 Å². The zero-order chi connectivity index (χ0) is 26.3. The van der Waals surface area contributed by atoms with E-state index in [1.807, 2.05) is 0 Å². The van der Waals surface area contributed by atoms with Gasteiger partial charge >= 0.3 is 0 Å². The van der Waals surface area contributed by atoms with Crippen LogP contribution in [-0.4, -0.2) is 60.9 Å².